The summed E-state index contributed by atoms with van der Waals surface area (Å²) in [7, 11) is 2.08. The maximum Gasteiger partial charge on any atom is 0.358 e. The van der Waals surface area contributed by atoms with E-state index in [1.54, 1.807) is 0 Å². The molecule has 1 aromatic heterocycles. The molecule has 0 radical (unpaired) electrons. The summed E-state index contributed by atoms with van der Waals surface area (Å²) in [5.41, 5.74) is 0.538. The molecule has 1 aliphatic rings. The zero-order valence-corrected chi connectivity index (χ0v) is 9.18. The molecule has 2 rings (SSSR count). The number of nitrogens with one attached hydrogen (secondary N) is 1. The van der Waals surface area contributed by atoms with E-state index in [1.165, 1.54) is 0 Å². The topological polar surface area (TPSA) is 85.4 Å². The predicted molar refractivity (Wildman–Crippen MR) is 56.1 cm³/mol. The van der Waals surface area contributed by atoms with Crippen LogP contribution in [-0.4, -0.2) is 69.5 Å². The van der Waals surface area contributed by atoms with Crippen molar-refractivity contribution in [2.24, 2.45) is 0 Å². The molecule has 0 atom stereocenters. The Morgan fingerprint density at radius 1 is 1.38 bits per heavy atom. The number of hydrogen-bond donors (Lipinski definition) is 2. The van der Waals surface area contributed by atoms with Crippen LogP contribution >= 0.6 is 0 Å². The standard InChI is InChI=1S/C9H15N5O2/c1-13-2-4-14(5-3-13)6-7-8(9(15)16)11-12-10-7/h2-6H2,1H3,(H,15,16)(H,10,11,12). The Morgan fingerprint density at radius 3 is 2.69 bits per heavy atom. The molecule has 1 aromatic rings. The Morgan fingerprint density at radius 2 is 2.06 bits per heavy atom. The summed E-state index contributed by atoms with van der Waals surface area (Å²) in [4.78, 5) is 15.3. The normalized spacial score (nSPS) is 18.8. The first-order valence-corrected chi connectivity index (χ1v) is 5.20. The number of likely N-dealkylation sites (N-methyl/N-ethyl adjacent to an activating group) is 1. The van der Waals surface area contributed by atoms with Gasteiger partial charge in [0.25, 0.3) is 0 Å². The van der Waals surface area contributed by atoms with E-state index in [4.69, 9.17) is 5.11 Å². The van der Waals surface area contributed by atoms with Crippen molar-refractivity contribution in [2.75, 3.05) is 33.2 Å². The van der Waals surface area contributed by atoms with Crippen molar-refractivity contribution in [1.82, 2.24) is 25.2 Å². The van der Waals surface area contributed by atoms with Gasteiger partial charge in [-0.05, 0) is 7.05 Å². The van der Waals surface area contributed by atoms with Crippen molar-refractivity contribution in [2.45, 2.75) is 6.54 Å². The van der Waals surface area contributed by atoms with Crippen LogP contribution in [0.4, 0.5) is 0 Å². The number of carboxylic acids is 1. The number of hydrogen-bond acceptors (Lipinski definition) is 5. The van der Waals surface area contributed by atoms with Gasteiger partial charge < -0.3 is 10.0 Å². The van der Waals surface area contributed by atoms with Crippen LogP contribution in [0, 0.1) is 0 Å². The molecule has 0 saturated carbocycles. The van der Waals surface area contributed by atoms with Crippen LogP contribution < -0.4 is 0 Å². The molecule has 7 nitrogen and oxygen atoms in total. The molecule has 1 fully saturated rings. The third kappa shape index (κ3) is 2.37. The fourth-order valence-corrected chi connectivity index (χ4v) is 1.75. The number of aromatic nitrogens is 3. The lowest BCUT2D eigenvalue weighted by Crippen LogP contribution is -2.44. The molecule has 0 amide bonds. The molecule has 0 bridgehead atoms. The molecule has 7 heteroatoms. The molecule has 0 unspecified atom stereocenters. The molecule has 2 heterocycles. The van der Waals surface area contributed by atoms with E-state index in [-0.39, 0.29) is 5.69 Å². The number of aromatic amines is 1. The van der Waals surface area contributed by atoms with Gasteiger partial charge in [-0.15, -0.1) is 5.10 Å². The highest BCUT2D eigenvalue weighted by Gasteiger charge is 2.20. The van der Waals surface area contributed by atoms with Gasteiger partial charge in [0.1, 0.15) is 5.69 Å². The van der Waals surface area contributed by atoms with E-state index >= 15 is 0 Å². The zero-order valence-electron chi connectivity index (χ0n) is 9.18. The first-order chi connectivity index (χ1) is 7.66. The second-order valence-corrected chi connectivity index (χ2v) is 4.00. The maximum atomic E-state index is 10.8. The number of nitrogens with zero attached hydrogens (tertiary/aromatic N) is 4. The van der Waals surface area contributed by atoms with Crippen molar-refractivity contribution in [1.29, 1.82) is 0 Å². The summed E-state index contributed by atoms with van der Waals surface area (Å²) >= 11 is 0. The third-order valence-corrected chi connectivity index (χ3v) is 2.79. The zero-order chi connectivity index (χ0) is 11.5. The van der Waals surface area contributed by atoms with Crippen molar-refractivity contribution in [3.8, 4) is 0 Å². The van der Waals surface area contributed by atoms with Crippen molar-refractivity contribution in [3.05, 3.63) is 11.4 Å². The molecule has 1 aliphatic heterocycles. The molecular weight excluding hydrogens is 210 g/mol. The fourth-order valence-electron chi connectivity index (χ4n) is 1.75. The molecule has 88 valence electrons. The minimum absolute atomic E-state index is 0.0268. The number of H-pyrrole nitrogens is 1. The maximum absolute atomic E-state index is 10.8. The fraction of sp³-hybridized carbons (Fsp3) is 0.667. The quantitative estimate of drug-likeness (QED) is 0.704. The summed E-state index contributed by atoms with van der Waals surface area (Å²) < 4.78 is 0. The van der Waals surface area contributed by atoms with Crippen molar-refractivity contribution in [3.63, 3.8) is 0 Å². The van der Waals surface area contributed by atoms with Gasteiger partial charge in [0, 0.05) is 32.7 Å². The van der Waals surface area contributed by atoms with E-state index in [9.17, 15) is 4.79 Å². The molecule has 0 spiro atoms. The van der Waals surface area contributed by atoms with Crippen LogP contribution in [-0.2, 0) is 6.54 Å². The minimum Gasteiger partial charge on any atom is -0.476 e. The van der Waals surface area contributed by atoms with Gasteiger partial charge >= 0.3 is 5.97 Å². The van der Waals surface area contributed by atoms with Crippen LogP contribution in [0.3, 0.4) is 0 Å². The van der Waals surface area contributed by atoms with Gasteiger partial charge in [-0.2, -0.15) is 10.3 Å². The average molecular weight is 225 g/mol. The Balaban J connectivity index is 1.98. The minimum atomic E-state index is -1.03. The number of rotatable bonds is 3. The number of carboxylic acid groups (broad SMARTS) is 1. The van der Waals surface area contributed by atoms with E-state index in [2.05, 4.69) is 32.3 Å². The molecule has 16 heavy (non-hydrogen) atoms. The highest BCUT2D eigenvalue weighted by Crippen LogP contribution is 2.08. The largest absolute Gasteiger partial charge is 0.476 e. The van der Waals surface area contributed by atoms with Gasteiger partial charge in [0.05, 0.1) is 0 Å². The first kappa shape index (κ1) is 11.0. The second kappa shape index (κ2) is 4.58. The van der Waals surface area contributed by atoms with E-state index in [0.29, 0.717) is 12.2 Å². The van der Waals surface area contributed by atoms with Crippen LogP contribution in [0.2, 0.25) is 0 Å². The lowest BCUT2D eigenvalue weighted by molar-refractivity contribution is 0.0686. The highest BCUT2D eigenvalue weighted by atomic mass is 16.4. The molecule has 1 saturated heterocycles. The molecule has 2 N–H and O–H groups in total. The smallest absolute Gasteiger partial charge is 0.358 e. The van der Waals surface area contributed by atoms with Gasteiger partial charge in [-0.3, -0.25) is 4.90 Å². The van der Waals surface area contributed by atoms with Crippen molar-refractivity contribution < 1.29 is 9.90 Å². The van der Waals surface area contributed by atoms with E-state index < -0.39 is 5.97 Å². The predicted octanol–water partition coefficient (Wildman–Crippen LogP) is -0.750. The Hall–Kier alpha value is -1.47. The van der Waals surface area contributed by atoms with Gasteiger partial charge in [0.2, 0.25) is 0 Å². The lowest BCUT2D eigenvalue weighted by atomic mass is 10.2. The SMILES string of the molecule is CN1CCN(Cc2n[nH]nc2C(=O)O)CC1. The van der Waals surface area contributed by atoms with Crippen molar-refractivity contribution >= 4 is 5.97 Å². The first-order valence-electron chi connectivity index (χ1n) is 5.20. The van der Waals surface area contributed by atoms with Gasteiger partial charge in [-0.1, -0.05) is 0 Å². The number of aromatic carboxylic acids is 1. The summed E-state index contributed by atoms with van der Waals surface area (Å²) in [6.45, 7) is 4.41. The average Bonchev–Trinajstić information content (AvgIpc) is 2.69. The summed E-state index contributed by atoms with van der Waals surface area (Å²) in [5.74, 6) is -1.03. The second-order valence-electron chi connectivity index (χ2n) is 4.00. The number of piperazine rings is 1. The third-order valence-electron chi connectivity index (χ3n) is 2.79. The Kier molecular flexibility index (Phi) is 3.16. The van der Waals surface area contributed by atoms with Gasteiger partial charge in [0.15, 0.2) is 5.69 Å². The van der Waals surface area contributed by atoms with Crippen LogP contribution in [0.15, 0.2) is 0 Å². The lowest BCUT2D eigenvalue weighted by Gasteiger charge is -2.31. The summed E-state index contributed by atoms with van der Waals surface area (Å²) in [5, 5.41) is 18.7. The number of carbonyl (C=O) groups is 1. The van der Waals surface area contributed by atoms with E-state index in [0.717, 1.165) is 26.2 Å². The van der Waals surface area contributed by atoms with Crippen LogP contribution in [0.1, 0.15) is 16.2 Å². The monoisotopic (exact) mass is 225 g/mol. The summed E-state index contributed by atoms with van der Waals surface area (Å²) in [6, 6.07) is 0. The van der Waals surface area contributed by atoms with E-state index in [1.807, 2.05) is 0 Å². The molecule has 0 aromatic carbocycles. The van der Waals surface area contributed by atoms with Crippen LogP contribution in [0.25, 0.3) is 0 Å². The summed E-state index contributed by atoms with van der Waals surface area (Å²) in [6.07, 6.45) is 0. The Labute approximate surface area is 93.0 Å². The molecular formula is C9H15N5O2. The van der Waals surface area contributed by atoms with Gasteiger partial charge in [-0.25, -0.2) is 4.79 Å². The van der Waals surface area contributed by atoms with Crippen LogP contribution in [0.5, 0.6) is 0 Å². The molecule has 0 aliphatic carbocycles. The Bertz CT molecular complexity index is 370. The highest BCUT2D eigenvalue weighted by molar-refractivity contribution is 5.86.